The van der Waals surface area contributed by atoms with E-state index >= 15 is 0 Å². The van der Waals surface area contributed by atoms with Crippen LogP contribution in [0.4, 0.5) is 0 Å². The van der Waals surface area contributed by atoms with Crippen molar-refractivity contribution in [2.75, 3.05) is 26.4 Å². The standard InChI is InChI=1S/C5H12O4.C3H6O2S/c6-1-5(2-7,3-8)4-9;1-2-3(4)5-6/h6-9H,1-4H2;6H,2H2,1H3. The Morgan fingerprint density at radius 3 is 1.47 bits per heavy atom. The highest BCUT2D eigenvalue weighted by atomic mass is 32.1. The van der Waals surface area contributed by atoms with Gasteiger partial charge in [0.15, 0.2) is 0 Å². The van der Waals surface area contributed by atoms with E-state index in [1.54, 1.807) is 6.92 Å². The molecule has 0 saturated carbocycles. The lowest BCUT2D eigenvalue weighted by molar-refractivity contribution is -0.132. The maximum Gasteiger partial charge on any atom is 0.317 e. The van der Waals surface area contributed by atoms with Gasteiger partial charge in [-0.05, 0) is 0 Å². The van der Waals surface area contributed by atoms with E-state index in [-0.39, 0.29) is 5.97 Å². The van der Waals surface area contributed by atoms with E-state index in [2.05, 4.69) is 17.1 Å². The Kier molecular flexibility index (Phi) is 11.6. The van der Waals surface area contributed by atoms with Gasteiger partial charge in [-0.25, -0.2) is 0 Å². The summed E-state index contributed by atoms with van der Waals surface area (Å²) in [5, 5.41) is 34.0. The van der Waals surface area contributed by atoms with Crippen LogP contribution in [-0.2, 0) is 8.98 Å². The topological polar surface area (TPSA) is 107 Å². The van der Waals surface area contributed by atoms with Gasteiger partial charge in [0, 0.05) is 19.3 Å². The highest BCUT2D eigenvalue weighted by Gasteiger charge is 2.26. The summed E-state index contributed by atoms with van der Waals surface area (Å²) in [6.07, 6.45) is 0.392. The van der Waals surface area contributed by atoms with Gasteiger partial charge in [0.25, 0.3) is 0 Å². The zero-order valence-corrected chi connectivity index (χ0v) is 9.48. The summed E-state index contributed by atoms with van der Waals surface area (Å²) in [4.78, 5) is 9.88. The Morgan fingerprint density at radius 2 is 1.47 bits per heavy atom. The third kappa shape index (κ3) is 7.57. The second-order valence-corrected chi connectivity index (χ2v) is 3.13. The Hall–Kier alpha value is -0.340. The minimum atomic E-state index is -1.11. The van der Waals surface area contributed by atoms with E-state index in [1.807, 2.05) is 0 Å². The van der Waals surface area contributed by atoms with Crippen molar-refractivity contribution < 1.29 is 29.4 Å². The molecule has 6 nitrogen and oxygen atoms in total. The molecule has 0 aromatic heterocycles. The molecule has 0 unspecified atom stereocenters. The van der Waals surface area contributed by atoms with Crippen molar-refractivity contribution in [3.05, 3.63) is 0 Å². The quantitative estimate of drug-likeness (QED) is 0.304. The van der Waals surface area contributed by atoms with Crippen molar-refractivity contribution in [3.8, 4) is 0 Å². The van der Waals surface area contributed by atoms with Gasteiger partial charge in [-0.3, -0.25) is 4.79 Å². The van der Waals surface area contributed by atoms with E-state index in [1.165, 1.54) is 0 Å². The molecule has 0 aliphatic rings. The zero-order valence-electron chi connectivity index (χ0n) is 8.59. The van der Waals surface area contributed by atoms with Crippen LogP contribution in [0.3, 0.4) is 0 Å². The molecule has 0 heterocycles. The molecule has 0 rings (SSSR count). The molecule has 0 radical (unpaired) electrons. The van der Waals surface area contributed by atoms with Crippen LogP contribution in [0.5, 0.6) is 0 Å². The van der Waals surface area contributed by atoms with E-state index < -0.39 is 31.8 Å². The first-order chi connectivity index (χ1) is 7.05. The molecule has 4 N–H and O–H groups in total. The number of rotatable bonds is 5. The van der Waals surface area contributed by atoms with Crippen LogP contribution >= 0.6 is 12.9 Å². The monoisotopic (exact) mass is 242 g/mol. The maximum atomic E-state index is 9.88. The number of hydrogen-bond acceptors (Lipinski definition) is 7. The first-order valence-electron chi connectivity index (χ1n) is 4.33. The van der Waals surface area contributed by atoms with Crippen LogP contribution in [0.25, 0.3) is 0 Å². The molecular formula is C8H18O6S. The van der Waals surface area contributed by atoms with E-state index in [0.29, 0.717) is 6.42 Å². The molecule has 92 valence electrons. The van der Waals surface area contributed by atoms with Crippen LogP contribution in [0.1, 0.15) is 13.3 Å². The summed E-state index contributed by atoms with van der Waals surface area (Å²) >= 11 is 3.25. The number of carbonyl (C=O) groups excluding carboxylic acids is 1. The average molecular weight is 242 g/mol. The summed E-state index contributed by atoms with van der Waals surface area (Å²) in [6, 6.07) is 0. The van der Waals surface area contributed by atoms with Gasteiger partial charge < -0.3 is 24.6 Å². The summed E-state index contributed by atoms with van der Waals surface area (Å²) < 4.78 is 3.95. The SMILES string of the molecule is CCC(=O)OS.OCC(CO)(CO)CO. The van der Waals surface area contributed by atoms with Crippen molar-refractivity contribution in [1.29, 1.82) is 0 Å². The van der Waals surface area contributed by atoms with Gasteiger partial charge in [-0.15, -0.1) is 0 Å². The fourth-order valence-corrected chi connectivity index (χ4v) is 0.494. The summed E-state index contributed by atoms with van der Waals surface area (Å²) in [5.74, 6) is -0.293. The molecule has 0 aliphatic carbocycles. The Labute approximate surface area is 94.1 Å². The molecule has 0 fully saturated rings. The molecular weight excluding hydrogens is 224 g/mol. The molecule has 15 heavy (non-hydrogen) atoms. The maximum absolute atomic E-state index is 9.88. The highest BCUT2D eigenvalue weighted by Crippen LogP contribution is 2.11. The van der Waals surface area contributed by atoms with Crippen molar-refractivity contribution in [2.24, 2.45) is 5.41 Å². The van der Waals surface area contributed by atoms with E-state index in [4.69, 9.17) is 20.4 Å². The van der Waals surface area contributed by atoms with E-state index in [0.717, 1.165) is 0 Å². The minimum absolute atomic E-state index is 0.293. The smallest absolute Gasteiger partial charge is 0.317 e. The molecule has 0 aromatic carbocycles. The number of hydrogen-bond donors (Lipinski definition) is 5. The third-order valence-electron chi connectivity index (χ3n) is 1.73. The fraction of sp³-hybridized carbons (Fsp3) is 0.875. The number of thiol groups is 1. The van der Waals surface area contributed by atoms with E-state index in [9.17, 15) is 4.79 Å². The second-order valence-electron chi connectivity index (χ2n) is 2.95. The van der Waals surface area contributed by atoms with Gasteiger partial charge >= 0.3 is 5.97 Å². The van der Waals surface area contributed by atoms with Crippen molar-refractivity contribution in [3.63, 3.8) is 0 Å². The molecule has 0 saturated heterocycles. The van der Waals surface area contributed by atoms with Crippen molar-refractivity contribution >= 4 is 18.9 Å². The van der Waals surface area contributed by atoms with Gasteiger partial charge in [-0.1, -0.05) is 6.92 Å². The number of carbonyl (C=O) groups is 1. The molecule has 7 heteroatoms. The van der Waals surface area contributed by atoms with Crippen molar-refractivity contribution in [1.82, 2.24) is 0 Å². The van der Waals surface area contributed by atoms with Crippen LogP contribution in [-0.4, -0.2) is 52.8 Å². The Balaban J connectivity index is 0. The Morgan fingerprint density at radius 1 is 1.13 bits per heavy atom. The predicted octanol–water partition coefficient (Wildman–Crippen LogP) is -1.27. The molecule has 0 bridgehead atoms. The molecule has 0 aliphatic heterocycles. The first-order valence-corrected chi connectivity index (χ1v) is 4.70. The highest BCUT2D eigenvalue weighted by molar-refractivity contribution is 7.75. The normalized spacial score (nSPS) is 10.3. The second kappa shape index (κ2) is 10.2. The lowest BCUT2D eigenvalue weighted by Crippen LogP contribution is -2.37. The lowest BCUT2D eigenvalue weighted by Gasteiger charge is -2.23. The largest absolute Gasteiger partial charge is 0.396 e. The summed E-state index contributed by atoms with van der Waals surface area (Å²) in [6.45, 7) is 0.0819. The molecule has 0 spiro atoms. The predicted molar refractivity (Wildman–Crippen MR) is 56.1 cm³/mol. The lowest BCUT2D eigenvalue weighted by atomic mass is 9.93. The Bertz CT molecular complexity index is 136. The van der Waals surface area contributed by atoms with Gasteiger partial charge in [0.05, 0.1) is 31.8 Å². The molecule has 0 aromatic rings. The third-order valence-corrected chi connectivity index (χ3v) is 1.94. The number of aliphatic hydroxyl groups is 4. The van der Waals surface area contributed by atoms with Crippen LogP contribution in [0.15, 0.2) is 0 Å². The summed E-state index contributed by atoms with van der Waals surface area (Å²) in [7, 11) is 0. The zero-order chi connectivity index (χ0) is 12.3. The van der Waals surface area contributed by atoms with Crippen molar-refractivity contribution in [2.45, 2.75) is 13.3 Å². The average Bonchev–Trinajstić information content (AvgIpc) is 2.32. The van der Waals surface area contributed by atoms with Gasteiger partial charge in [-0.2, -0.15) is 0 Å². The summed E-state index contributed by atoms with van der Waals surface area (Å²) in [5.41, 5.74) is -1.11. The fourth-order valence-electron chi connectivity index (χ4n) is 0.365. The van der Waals surface area contributed by atoms with Gasteiger partial charge in [0.1, 0.15) is 0 Å². The van der Waals surface area contributed by atoms with Gasteiger partial charge in [0.2, 0.25) is 0 Å². The molecule has 0 atom stereocenters. The van der Waals surface area contributed by atoms with Crippen LogP contribution in [0, 0.1) is 5.41 Å². The van der Waals surface area contributed by atoms with Crippen LogP contribution < -0.4 is 0 Å². The van der Waals surface area contributed by atoms with Crippen LogP contribution in [0.2, 0.25) is 0 Å². The first kappa shape index (κ1) is 17.1. The molecule has 0 amide bonds. The number of aliphatic hydroxyl groups excluding tert-OH is 4. The minimum Gasteiger partial charge on any atom is -0.396 e.